The van der Waals surface area contributed by atoms with Crippen molar-refractivity contribution in [2.24, 2.45) is 0 Å². The summed E-state index contributed by atoms with van der Waals surface area (Å²) in [7, 11) is 0. The van der Waals surface area contributed by atoms with Gasteiger partial charge in [0.1, 0.15) is 0 Å². The van der Waals surface area contributed by atoms with Gasteiger partial charge in [-0.2, -0.15) is 12.6 Å². The molecular weight excluding hydrogens is 186 g/mol. The van der Waals surface area contributed by atoms with Crippen molar-refractivity contribution in [2.75, 3.05) is 5.32 Å². The second-order valence-electron chi connectivity index (χ2n) is 2.70. The van der Waals surface area contributed by atoms with Gasteiger partial charge in [-0.05, 0) is 31.2 Å². The highest BCUT2D eigenvalue weighted by atomic mass is 32.1. The van der Waals surface area contributed by atoms with Gasteiger partial charge < -0.3 is 10.4 Å². The van der Waals surface area contributed by atoms with Crippen LogP contribution in [0.15, 0.2) is 24.3 Å². The highest BCUT2D eigenvalue weighted by Crippen LogP contribution is 2.11. The van der Waals surface area contributed by atoms with Gasteiger partial charge in [0, 0.05) is 5.69 Å². The molecule has 0 aliphatic carbocycles. The lowest BCUT2D eigenvalue weighted by Gasteiger charge is -2.08. The van der Waals surface area contributed by atoms with Gasteiger partial charge in [-0.25, -0.2) is 4.79 Å². The normalized spacial score (nSPS) is 12.2. The monoisotopic (exact) mass is 197 g/mol. The smallest absolute Gasteiger partial charge is 0.335 e. The molecule has 13 heavy (non-hydrogen) atoms. The lowest BCUT2D eigenvalue weighted by Crippen LogP contribution is -2.06. The van der Waals surface area contributed by atoms with Crippen LogP contribution in [0.2, 0.25) is 0 Å². The van der Waals surface area contributed by atoms with Crippen molar-refractivity contribution in [2.45, 2.75) is 12.3 Å². The van der Waals surface area contributed by atoms with Crippen molar-refractivity contribution in [3.63, 3.8) is 0 Å². The van der Waals surface area contributed by atoms with E-state index in [0.717, 1.165) is 5.69 Å². The Bertz CT molecular complexity index is 295. The number of carboxylic acids is 1. The average molecular weight is 197 g/mol. The van der Waals surface area contributed by atoms with Crippen LogP contribution in [0, 0.1) is 0 Å². The van der Waals surface area contributed by atoms with Gasteiger partial charge in [0.2, 0.25) is 0 Å². The van der Waals surface area contributed by atoms with Crippen LogP contribution in [-0.4, -0.2) is 16.4 Å². The molecular formula is C9H11NO2S. The summed E-state index contributed by atoms with van der Waals surface area (Å²) in [5.41, 5.74) is 1.16. The fourth-order valence-electron chi connectivity index (χ4n) is 0.950. The number of aromatic carboxylic acids is 1. The SMILES string of the molecule is CC(S)Nc1ccc(C(=O)O)cc1. The standard InChI is InChI=1S/C9H11NO2S/c1-6(13)10-8-4-2-7(3-5-8)9(11)12/h2-6,10,13H,1H3,(H,11,12). The third kappa shape index (κ3) is 2.99. The summed E-state index contributed by atoms with van der Waals surface area (Å²) < 4.78 is 0. The van der Waals surface area contributed by atoms with E-state index in [4.69, 9.17) is 5.11 Å². The van der Waals surface area contributed by atoms with Crippen LogP contribution in [-0.2, 0) is 0 Å². The van der Waals surface area contributed by atoms with Crippen LogP contribution in [0.4, 0.5) is 5.69 Å². The first kappa shape index (κ1) is 9.92. The molecule has 0 aliphatic rings. The minimum atomic E-state index is -0.912. The molecule has 0 saturated heterocycles. The van der Waals surface area contributed by atoms with Crippen molar-refractivity contribution in [3.8, 4) is 0 Å². The number of hydrogen-bond donors (Lipinski definition) is 3. The minimum absolute atomic E-state index is 0.0516. The fourth-order valence-corrected chi connectivity index (χ4v) is 1.10. The van der Waals surface area contributed by atoms with Crippen molar-refractivity contribution >= 4 is 24.3 Å². The van der Waals surface area contributed by atoms with Gasteiger partial charge in [0.25, 0.3) is 0 Å². The number of anilines is 1. The number of nitrogens with one attached hydrogen (secondary N) is 1. The summed E-state index contributed by atoms with van der Waals surface area (Å²) in [6, 6.07) is 6.55. The quantitative estimate of drug-likeness (QED) is 0.513. The molecule has 1 rings (SSSR count). The largest absolute Gasteiger partial charge is 0.478 e. The lowest BCUT2D eigenvalue weighted by atomic mass is 10.2. The van der Waals surface area contributed by atoms with Gasteiger partial charge in [-0.1, -0.05) is 0 Å². The lowest BCUT2D eigenvalue weighted by molar-refractivity contribution is 0.0697. The molecule has 1 unspecified atom stereocenters. The zero-order chi connectivity index (χ0) is 9.84. The van der Waals surface area contributed by atoms with Crippen LogP contribution in [0.25, 0.3) is 0 Å². The Labute approximate surface area is 82.2 Å². The van der Waals surface area contributed by atoms with Gasteiger partial charge in [0.05, 0.1) is 10.9 Å². The van der Waals surface area contributed by atoms with Crippen LogP contribution >= 0.6 is 12.6 Å². The zero-order valence-corrected chi connectivity index (χ0v) is 8.08. The first-order valence-corrected chi connectivity index (χ1v) is 4.39. The molecule has 4 heteroatoms. The van der Waals surface area contributed by atoms with Crippen molar-refractivity contribution in [1.29, 1.82) is 0 Å². The molecule has 1 aromatic rings. The van der Waals surface area contributed by atoms with Gasteiger partial charge in [0.15, 0.2) is 0 Å². The molecule has 3 nitrogen and oxygen atoms in total. The molecule has 2 N–H and O–H groups in total. The topological polar surface area (TPSA) is 49.3 Å². The summed E-state index contributed by atoms with van der Waals surface area (Å²) >= 11 is 4.15. The van der Waals surface area contributed by atoms with Crippen molar-refractivity contribution < 1.29 is 9.90 Å². The molecule has 0 amide bonds. The molecule has 0 aromatic heterocycles. The third-order valence-corrected chi connectivity index (χ3v) is 1.64. The number of rotatable bonds is 3. The molecule has 1 atom stereocenters. The summed E-state index contributed by atoms with van der Waals surface area (Å²) in [4.78, 5) is 10.5. The number of carbonyl (C=O) groups is 1. The molecule has 1 aromatic carbocycles. The van der Waals surface area contributed by atoms with Crippen molar-refractivity contribution in [3.05, 3.63) is 29.8 Å². The molecule has 0 spiro atoms. The third-order valence-electron chi connectivity index (χ3n) is 1.51. The van der Waals surface area contributed by atoms with Crippen LogP contribution in [0.5, 0.6) is 0 Å². The maximum atomic E-state index is 10.5. The van der Waals surface area contributed by atoms with Crippen LogP contribution in [0.1, 0.15) is 17.3 Å². The average Bonchev–Trinajstić information content (AvgIpc) is 2.04. The highest BCUT2D eigenvalue weighted by molar-refractivity contribution is 7.81. The predicted octanol–water partition coefficient (Wildman–Crippen LogP) is 2.07. The Morgan fingerprint density at radius 3 is 2.38 bits per heavy atom. The van der Waals surface area contributed by atoms with E-state index in [9.17, 15) is 4.79 Å². The van der Waals surface area contributed by atoms with Crippen molar-refractivity contribution in [1.82, 2.24) is 0 Å². The molecule has 0 radical (unpaired) electrons. The van der Waals surface area contributed by atoms with Gasteiger partial charge in [-0.15, -0.1) is 0 Å². The van der Waals surface area contributed by atoms with Gasteiger partial charge >= 0.3 is 5.97 Å². The number of benzene rings is 1. The summed E-state index contributed by atoms with van der Waals surface area (Å²) in [6.07, 6.45) is 0. The van der Waals surface area contributed by atoms with E-state index in [1.165, 1.54) is 0 Å². The van der Waals surface area contributed by atoms with Crippen LogP contribution < -0.4 is 5.32 Å². The second-order valence-corrected chi connectivity index (χ2v) is 3.48. The maximum absolute atomic E-state index is 10.5. The van der Waals surface area contributed by atoms with E-state index in [1.54, 1.807) is 24.3 Å². The number of thiol groups is 1. The summed E-state index contributed by atoms with van der Waals surface area (Å²) in [5, 5.41) is 11.7. The summed E-state index contributed by atoms with van der Waals surface area (Å²) in [6.45, 7) is 1.90. The van der Waals surface area contributed by atoms with E-state index in [1.807, 2.05) is 6.92 Å². The van der Waals surface area contributed by atoms with E-state index >= 15 is 0 Å². The molecule has 0 heterocycles. The highest BCUT2D eigenvalue weighted by Gasteiger charge is 2.01. The van der Waals surface area contributed by atoms with E-state index < -0.39 is 5.97 Å². The minimum Gasteiger partial charge on any atom is -0.478 e. The second kappa shape index (κ2) is 4.18. The maximum Gasteiger partial charge on any atom is 0.335 e. The van der Waals surface area contributed by atoms with Crippen LogP contribution in [0.3, 0.4) is 0 Å². The zero-order valence-electron chi connectivity index (χ0n) is 7.19. The first-order valence-electron chi connectivity index (χ1n) is 3.87. The Balaban J connectivity index is 2.75. The molecule has 0 bridgehead atoms. The molecule has 0 aliphatic heterocycles. The predicted molar refractivity (Wildman–Crippen MR) is 55.5 cm³/mol. The van der Waals surface area contributed by atoms with E-state index in [-0.39, 0.29) is 10.9 Å². The number of carboxylic acid groups (broad SMARTS) is 1. The Hall–Kier alpha value is -1.16. The first-order chi connectivity index (χ1) is 6.09. The van der Waals surface area contributed by atoms with Gasteiger partial charge in [-0.3, -0.25) is 0 Å². The molecule has 70 valence electrons. The fraction of sp³-hybridized carbons (Fsp3) is 0.222. The Kier molecular flexibility index (Phi) is 3.19. The Morgan fingerprint density at radius 1 is 1.46 bits per heavy atom. The molecule has 0 saturated carbocycles. The van der Waals surface area contributed by atoms with E-state index in [0.29, 0.717) is 0 Å². The number of hydrogen-bond acceptors (Lipinski definition) is 3. The Morgan fingerprint density at radius 2 is 2.00 bits per heavy atom. The molecule has 0 fully saturated rings. The summed E-state index contributed by atoms with van der Waals surface area (Å²) in [5.74, 6) is -0.912. The van der Waals surface area contributed by atoms with E-state index in [2.05, 4.69) is 17.9 Å².